The van der Waals surface area contributed by atoms with Crippen molar-refractivity contribution in [1.82, 2.24) is 10.2 Å². The second kappa shape index (κ2) is 16.0. The molecule has 2 amide bonds. The number of nitrogen functional groups attached to an aromatic ring is 1. The lowest BCUT2D eigenvalue weighted by Crippen LogP contribution is -2.45. The van der Waals surface area contributed by atoms with E-state index in [1.54, 1.807) is 0 Å². The van der Waals surface area contributed by atoms with Crippen molar-refractivity contribution >= 4 is 17.7 Å². The summed E-state index contributed by atoms with van der Waals surface area (Å²) < 4.78 is 0. The molecule has 37 heavy (non-hydrogen) atoms. The van der Waals surface area contributed by atoms with Crippen molar-refractivity contribution < 1.29 is 14.7 Å². The lowest BCUT2D eigenvalue weighted by molar-refractivity contribution is -0.122. The first-order valence-electron chi connectivity index (χ1n) is 13.9. The molecule has 6 nitrogen and oxygen atoms in total. The number of amides is 2. The van der Waals surface area contributed by atoms with Gasteiger partial charge >= 0.3 is 6.09 Å². The number of carbonyl (C=O) groups excluding carboxylic acids is 1. The molecule has 2 aromatic rings. The molecule has 0 bridgehead atoms. The van der Waals surface area contributed by atoms with Crippen LogP contribution in [0.3, 0.4) is 0 Å². The van der Waals surface area contributed by atoms with Crippen molar-refractivity contribution in [3.8, 4) is 0 Å². The normalized spacial score (nSPS) is 12.2. The summed E-state index contributed by atoms with van der Waals surface area (Å²) in [7, 11) is 0. The molecule has 4 N–H and O–H groups in total. The highest BCUT2D eigenvalue weighted by atomic mass is 16.4. The van der Waals surface area contributed by atoms with Gasteiger partial charge in [0.15, 0.2) is 0 Å². The van der Waals surface area contributed by atoms with Crippen LogP contribution in [0, 0.1) is 0 Å². The second-order valence-electron chi connectivity index (χ2n) is 11.0. The molecule has 2 aromatic carbocycles. The first-order chi connectivity index (χ1) is 17.7. The maximum atomic E-state index is 12.7. The summed E-state index contributed by atoms with van der Waals surface area (Å²) in [6, 6.07) is 17.9. The minimum atomic E-state index is -0.835. The molecule has 0 saturated carbocycles. The topological polar surface area (TPSA) is 95.7 Å². The fraction of sp³-hybridized carbons (Fsp3) is 0.548. The zero-order valence-corrected chi connectivity index (χ0v) is 23.0. The number of carboxylic acid groups (broad SMARTS) is 1. The van der Waals surface area contributed by atoms with E-state index in [1.165, 1.54) is 24.2 Å². The fourth-order valence-corrected chi connectivity index (χ4v) is 4.60. The monoisotopic (exact) mass is 509 g/mol. The van der Waals surface area contributed by atoms with E-state index < -0.39 is 6.09 Å². The van der Waals surface area contributed by atoms with Crippen LogP contribution < -0.4 is 11.1 Å². The van der Waals surface area contributed by atoms with Crippen molar-refractivity contribution in [2.24, 2.45) is 0 Å². The molecular formula is C31H47N3O3. The predicted molar refractivity (Wildman–Crippen MR) is 153 cm³/mol. The highest BCUT2D eigenvalue weighted by Crippen LogP contribution is 2.20. The molecule has 1 unspecified atom stereocenters. The number of unbranched alkanes of at least 4 members (excludes halogenated alkanes) is 8. The molecule has 204 valence electrons. The molecular weight excluding hydrogens is 462 g/mol. The van der Waals surface area contributed by atoms with Crippen LogP contribution in [-0.4, -0.2) is 34.1 Å². The Morgan fingerprint density at radius 2 is 1.38 bits per heavy atom. The molecule has 0 aliphatic heterocycles. The predicted octanol–water partition coefficient (Wildman–Crippen LogP) is 7.35. The molecule has 0 aliphatic rings. The van der Waals surface area contributed by atoms with Crippen molar-refractivity contribution in [2.75, 3.05) is 12.3 Å². The smallest absolute Gasteiger partial charge is 0.407 e. The minimum absolute atomic E-state index is 0.0525. The van der Waals surface area contributed by atoms with Crippen LogP contribution in [0.25, 0.3) is 0 Å². The third-order valence-corrected chi connectivity index (χ3v) is 6.78. The molecule has 6 heteroatoms. The summed E-state index contributed by atoms with van der Waals surface area (Å²) in [5, 5.41) is 12.6. The quantitative estimate of drug-likeness (QED) is 0.163. The highest BCUT2D eigenvalue weighted by molar-refractivity contribution is 5.76. The van der Waals surface area contributed by atoms with E-state index in [4.69, 9.17) is 5.73 Å². The van der Waals surface area contributed by atoms with E-state index in [2.05, 4.69) is 17.4 Å². The molecule has 0 aliphatic carbocycles. The molecule has 0 aromatic heterocycles. The van der Waals surface area contributed by atoms with Crippen molar-refractivity contribution in [1.29, 1.82) is 0 Å². The Balaban J connectivity index is 1.59. The Labute approximate surface area is 223 Å². The van der Waals surface area contributed by atoms with Gasteiger partial charge in [0.1, 0.15) is 0 Å². The summed E-state index contributed by atoms with van der Waals surface area (Å²) in [5.41, 5.74) is 8.48. The van der Waals surface area contributed by atoms with E-state index in [0.717, 1.165) is 61.8 Å². The van der Waals surface area contributed by atoms with Gasteiger partial charge in [-0.1, -0.05) is 87.4 Å². The maximum Gasteiger partial charge on any atom is 0.407 e. The zero-order valence-electron chi connectivity index (χ0n) is 23.0. The Morgan fingerprint density at radius 1 is 0.838 bits per heavy atom. The van der Waals surface area contributed by atoms with E-state index in [9.17, 15) is 14.7 Å². The lowest BCUT2D eigenvalue weighted by atomic mass is 9.98. The number of nitrogens with one attached hydrogen (secondary N) is 1. The van der Waals surface area contributed by atoms with Crippen LogP contribution in [0.1, 0.15) is 102 Å². The van der Waals surface area contributed by atoms with Crippen LogP contribution in [-0.2, 0) is 11.2 Å². The second-order valence-corrected chi connectivity index (χ2v) is 11.0. The van der Waals surface area contributed by atoms with Gasteiger partial charge in [-0.3, -0.25) is 4.79 Å². The molecule has 0 radical (unpaired) electrons. The van der Waals surface area contributed by atoms with Gasteiger partial charge in [-0.25, -0.2) is 4.79 Å². The van der Waals surface area contributed by atoms with Crippen LogP contribution in [0.5, 0.6) is 0 Å². The van der Waals surface area contributed by atoms with Gasteiger partial charge in [-0.05, 0) is 63.3 Å². The molecule has 1 atom stereocenters. The van der Waals surface area contributed by atoms with E-state index in [1.807, 2.05) is 63.2 Å². The zero-order chi connectivity index (χ0) is 27.1. The average Bonchev–Trinajstić information content (AvgIpc) is 2.85. The van der Waals surface area contributed by atoms with Crippen LogP contribution in [0.2, 0.25) is 0 Å². The van der Waals surface area contributed by atoms with Crippen LogP contribution in [0.4, 0.5) is 10.5 Å². The van der Waals surface area contributed by atoms with Gasteiger partial charge in [0.05, 0.1) is 6.04 Å². The van der Waals surface area contributed by atoms with E-state index in [-0.39, 0.29) is 17.5 Å². The number of nitrogens with zero attached hydrogens (tertiary/aromatic N) is 1. The Bertz CT molecular complexity index is 923. The SMILES string of the molecule is CC(C)(C)N(CCCCCCCCCCCC(=O)NC(Cc1ccc(N)cc1)c1ccccc1)C(=O)O. The Hall–Kier alpha value is -3.02. The van der Waals surface area contributed by atoms with Gasteiger partial charge in [0.2, 0.25) is 5.91 Å². The van der Waals surface area contributed by atoms with Crippen LogP contribution in [0.15, 0.2) is 54.6 Å². The van der Waals surface area contributed by atoms with E-state index in [0.29, 0.717) is 13.0 Å². The van der Waals surface area contributed by atoms with Gasteiger partial charge in [-0.15, -0.1) is 0 Å². The van der Waals surface area contributed by atoms with Gasteiger partial charge in [-0.2, -0.15) is 0 Å². The summed E-state index contributed by atoms with van der Waals surface area (Å²) in [6.45, 7) is 6.42. The van der Waals surface area contributed by atoms with Crippen molar-refractivity contribution in [3.05, 3.63) is 65.7 Å². The number of benzene rings is 2. The summed E-state index contributed by atoms with van der Waals surface area (Å²) >= 11 is 0. The summed E-state index contributed by atoms with van der Waals surface area (Å²) in [4.78, 5) is 25.6. The molecule has 0 spiro atoms. The number of anilines is 1. The standard InChI is InChI=1S/C31H47N3O3/c1-31(2,3)34(30(36)37)23-15-10-8-6-4-5-7-9-14-18-29(35)33-28(26-16-12-11-13-17-26)24-25-19-21-27(32)22-20-25/h11-13,16-17,19-22,28H,4-10,14-15,18,23-24,32H2,1-3H3,(H,33,35)(H,36,37). The van der Waals surface area contributed by atoms with Crippen LogP contribution >= 0.6 is 0 Å². The molecule has 0 heterocycles. The summed E-state index contributed by atoms with van der Waals surface area (Å²) in [6.07, 6.45) is 10.3. The first kappa shape index (κ1) is 30.2. The molecule has 0 fully saturated rings. The van der Waals surface area contributed by atoms with Gasteiger partial charge in [0, 0.05) is 24.2 Å². The largest absolute Gasteiger partial charge is 0.465 e. The molecule has 2 rings (SSSR count). The highest BCUT2D eigenvalue weighted by Gasteiger charge is 2.25. The lowest BCUT2D eigenvalue weighted by Gasteiger charge is -2.33. The Morgan fingerprint density at radius 3 is 1.92 bits per heavy atom. The number of carbonyl (C=O) groups is 2. The van der Waals surface area contributed by atoms with Gasteiger partial charge in [0.25, 0.3) is 0 Å². The third kappa shape index (κ3) is 12.2. The summed E-state index contributed by atoms with van der Waals surface area (Å²) in [5.74, 6) is 0.106. The third-order valence-electron chi connectivity index (χ3n) is 6.78. The number of nitrogens with two attached hydrogens (primary N) is 1. The van der Waals surface area contributed by atoms with Gasteiger partial charge < -0.3 is 21.1 Å². The maximum absolute atomic E-state index is 12.7. The van der Waals surface area contributed by atoms with Crippen molar-refractivity contribution in [3.63, 3.8) is 0 Å². The Kier molecular flexibility index (Phi) is 13.0. The number of hydrogen-bond donors (Lipinski definition) is 3. The molecule has 0 saturated heterocycles. The van der Waals surface area contributed by atoms with Crippen molar-refractivity contribution in [2.45, 2.75) is 103 Å². The first-order valence-corrected chi connectivity index (χ1v) is 13.9. The number of hydrogen-bond acceptors (Lipinski definition) is 3. The minimum Gasteiger partial charge on any atom is -0.465 e. The number of rotatable bonds is 16. The fourth-order valence-electron chi connectivity index (χ4n) is 4.60. The average molecular weight is 510 g/mol. The van der Waals surface area contributed by atoms with E-state index >= 15 is 0 Å².